The fraction of sp³-hybridized carbons (Fsp3) is 0.294. The zero-order chi connectivity index (χ0) is 16.3. The Bertz CT molecular complexity index is 760. The van der Waals surface area contributed by atoms with Crippen LogP contribution in [0.5, 0.6) is 0 Å². The topological polar surface area (TPSA) is 46.2 Å². The molecule has 0 aromatic heterocycles. The maximum atomic E-state index is 12.8. The van der Waals surface area contributed by atoms with Crippen LogP contribution in [0.4, 0.5) is 5.69 Å². The van der Waals surface area contributed by atoms with Gasteiger partial charge in [0.1, 0.15) is 0 Å². The first kappa shape index (κ1) is 16.9. The molecule has 3 nitrogen and oxygen atoms in total. The number of hydrogen-bond donors (Lipinski definition) is 1. The van der Waals surface area contributed by atoms with Crippen LogP contribution in [0.3, 0.4) is 0 Å². The van der Waals surface area contributed by atoms with Crippen LogP contribution in [0.15, 0.2) is 46.2 Å². The van der Waals surface area contributed by atoms with Crippen molar-refractivity contribution in [2.75, 3.05) is 10.5 Å². The molecule has 0 radical (unpaired) electrons. The van der Waals surface area contributed by atoms with Crippen molar-refractivity contribution < 1.29 is 8.42 Å². The molecule has 2 aromatic carbocycles. The lowest BCUT2D eigenvalue weighted by molar-refractivity contribution is 0.600. The number of anilines is 1. The van der Waals surface area contributed by atoms with Crippen molar-refractivity contribution in [2.45, 2.75) is 37.5 Å². The highest BCUT2D eigenvalue weighted by Crippen LogP contribution is 2.30. The number of hydrogen-bond acceptors (Lipinski definition) is 3. The van der Waals surface area contributed by atoms with Crippen LogP contribution < -0.4 is 4.72 Å². The minimum Gasteiger partial charge on any atom is -0.278 e. The zero-order valence-electron chi connectivity index (χ0n) is 13.3. The Hall–Kier alpha value is -1.46. The number of sulfonamides is 1. The van der Waals surface area contributed by atoms with Gasteiger partial charge in [-0.15, -0.1) is 11.8 Å². The predicted octanol–water partition coefficient (Wildman–Crippen LogP) is 4.52. The van der Waals surface area contributed by atoms with E-state index in [0.29, 0.717) is 10.6 Å². The van der Waals surface area contributed by atoms with Gasteiger partial charge in [0.15, 0.2) is 0 Å². The molecule has 2 rings (SSSR count). The zero-order valence-corrected chi connectivity index (χ0v) is 14.9. The van der Waals surface area contributed by atoms with Crippen LogP contribution >= 0.6 is 11.8 Å². The van der Waals surface area contributed by atoms with Crippen LogP contribution in [-0.4, -0.2) is 14.2 Å². The van der Waals surface area contributed by atoms with Crippen LogP contribution in [0.1, 0.15) is 23.6 Å². The summed E-state index contributed by atoms with van der Waals surface area (Å²) in [5, 5.41) is 0. The molecular weight excluding hydrogens is 314 g/mol. The Morgan fingerprint density at radius 3 is 2.23 bits per heavy atom. The van der Waals surface area contributed by atoms with Crippen molar-refractivity contribution in [3.8, 4) is 0 Å². The maximum absolute atomic E-state index is 12.8. The molecule has 0 saturated carbocycles. The molecule has 0 atom stereocenters. The van der Waals surface area contributed by atoms with Crippen molar-refractivity contribution in [1.82, 2.24) is 0 Å². The van der Waals surface area contributed by atoms with Crippen LogP contribution in [0.25, 0.3) is 0 Å². The fourth-order valence-corrected chi connectivity index (χ4v) is 4.98. The molecule has 0 spiro atoms. The molecule has 0 saturated heterocycles. The third-order valence-electron chi connectivity index (χ3n) is 3.30. The lowest BCUT2D eigenvalue weighted by Gasteiger charge is -2.15. The minimum absolute atomic E-state index is 0.370. The highest BCUT2D eigenvalue weighted by molar-refractivity contribution is 7.99. The van der Waals surface area contributed by atoms with Crippen LogP contribution in [0, 0.1) is 20.8 Å². The Labute approximate surface area is 137 Å². The summed E-state index contributed by atoms with van der Waals surface area (Å²) in [6.45, 7) is 7.68. The van der Waals surface area contributed by atoms with E-state index in [1.54, 1.807) is 17.8 Å². The second-order valence-corrected chi connectivity index (χ2v) is 8.19. The van der Waals surface area contributed by atoms with Crippen molar-refractivity contribution >= 4 is 27.5 Å². The van der Waals surface area contributed by atoms with E-state index >= 15 is 0 Å². The van der Waals surface area contributed by atoms with Gasteiger partial charge in [-0.3, -0.25) is 4.72 Å². The number of rotatable bonds is 5. The molecular formula is C17H21NO2S2. The van der Waals surface area contributed by atoms with Gasteiger partial charge in [0.05, 0.1) is 10.6 Å². The standard InChI is InChI=1S/C17H21NO2S2/c1-5-21-16-9-7-6-8-15(16)18-22(19,20)17-13(3)10-12(2)11-14(17)4/h6-11,18H,5H2,1-4H3. The molecule has 0 aliphatic heterocycles. The van der Waals surface area contributed by atoms with Crippen LogP contribution in [-0.2, 0) is 10.0 Å². The monoisotopic (exact) mass is 335 g/mol. The summed E-state index contributed by atoms with van der Waals surface area (Å²) >= 11 is 1.62. The van der Waals surface area contributed by atoms with E-state index in [9.17, 15) is 8.42 Å². The summed E-state index contributed by atoms with van der Waals surface area (Å²) in [6.07, 6.45) is 0. The Balaban J connectivity index is 2.45. The molecule has 0 bridgehead atoms. The molecule has 22 heavy (non-hydrogen) atoms. The number of thioether (sulfide) groups is 1. The lowest BCUT2D eigenvalue weighted by Crippen LogP contribution is -2.16. The highest BCUT2D eigenvalue weighted by Gasteiger charge is 2.21. The molecule has 5 heteroatoms. The van der Waals surface area contributed by atoms with E-state index in [4.69, 9.17) is 0 Å². The van der Waals surface area contributed by atoms with Gasteiger partial charge in [-0.1, -0.05) is 36.8 Å². The van der Waals surface area contributed by atoms with Gasteiger partial charge in [0, 0.05) is 4.90 Å². The largest absolute Gasteiger partial charge is 0.278 e. The number of aryl methyl sites for hydroxylation is 3. The van der Waals surface area contributed by atoms with Gasteiger partial charge in [-0.25, -0.2) is 8.42 Å². The summed E-state index contributed by atoms with van der Waals surface area (Å²) in [5.41, 5.74) is 3.24. The molecule has 0 amide bonds. The quantitative estimate of drug-likeness (QED) is 0.817. The molecule has 0 unspecified atom stereocenters. The van der Waals surface area contributed by atoms with Gasteiger partial charge in [-0.05, 0) is 49.8 Å². The first-order chi connectivity index (χ1) is 10.3. The molecule has 0 fully saturated rings. The third-order valence-corrected chi connectivity index (χ3v) is 5.93. The number of nitrogens with one attached hydrogen (secondary N) is 1. The van der Waals surface area contributed by atoms with Crippen molar-refractivity contribution in [3.05, 3.63) is 53.1 Å². The summed E-state index contributed by atoms with van der Waals surface area (Å²) < 4.78 is 28.3. The Morgan fingerprint density at radius 1 is 1.05 bits per heavy atom. The first-order valence-electron chi connectivity index (χ1n) is 7.17. The second kappa shape index (κ2) is 6.75. The van der Waals surface area contributed by atoms with Gasteiger partial charge < -0.3 is 0 Å². The second-order valence-electron chi connectivity index (χ2n) is 5.26. The summed E-state index contributed by atoms with van der Waals surface area (Å²) in [7, 11) is -3.60. The minimum atomic E-state index is -3.60. The van der Waals surface area contributed by atoms with Crippen molar-refractivity contribution in [3.63, 3.8) is 0 Å². The van der Waals surface area contributed by atoms with Crippen LogP contribution in [0.2, 0.25) is 0 Å². The van der Waals surface area contributed by atoms with Gasteiger partial charge in [0.2, 0.25) is 0 Å². The molecule has 0 heterocycles. The highest BCUT2D eigenvalue weighted by atomic mass is 32.2. The van der Waals surface area contributed by atoms with Crippen molar-refractivity contribution in [1.29, 1.82) is 0 Å². The van der Waals surface area contributed by atoms with E-state index < -0.39 is 10.0 Å². The molecule has 0 aliphatic rings. The average Bonchev–Trinajstić information content (AvgIpc) is 2.39. The van der Waals surface area contributed by atoms with Gasteiger partial charge >= 0.3 is 0 Å². The summed E-state index contributed by atoms with van der Waals surface area (Å²) in [6, 6.07) is 11.3. The molecule has 2 aromatic rings. The fourth-order valence-electron chi connectivity index (χ4n) is 2.62. The summed E-state index contributed by atoms with van der Waals surface area (Å²) in [5.74, 6) is 0.890. The molecule has 1 N–H and O–H groups in total. The van der Waals surface area contributed by atoms with E-state index in [-0.39, 0.29) is 0 Å². The SMILES string of the molecule is CCSc1ccccc1NS(=O)(=O)c1c(C)cc(C)cc1C. The maximum Gasteiger partial charge on any atom is 0.262 e. The Kier molecular flexibility index (Phi) is 5.19. The predicted molar refractivity (Wildman–Crippen MR) is 94.3 cm³/mol. The first-order valence-corrected chi connectivity index (χ1v) is 9.64. The molecule has 0 aliphatic carbocycles. The Morgan fingerprint density at radius 2 is 1.64 bits per heavy atom. The van der Waals surface area contributed by atoms with E-state index in [1.807, 2.05) is 58.0 Å². The van der Waals surface area contributed by atoms with Gasteiger partial charge in [0.25, 0.3) is 10.0 Å². The third kappa shape index (κ3) is 3.65. The normalized spacial score (nSPS) is 11.5. The number of benzene rings is 2. The lowest BCUT2D eigenvalue weighted by atomic mass is 10.1. The molecule has 118 valence electrons. The van der Waals surface area contributed by atoms with Crippen molar-refractivity contribution in [2.24, 2.45) is 0 Å². The van der Waals surface area contributed by atoms with E-state index in [2.05, 4.69) is 4.72 Å². The van der Waals surface area contributed by atoms with E-state index in [0.717, 1.165) is 27.3 Å². The van der Waals surface area contributed by atoms with E-state index in [1.165, 1.54) is 0 Å². The number of para-hydroxylation sites is 1. The summed E-state index contributed by atoms with van der Waals surface area (Å²) in [4.78, 5) is 1.31. The average molecular weight is 335 g/mol. The smallest absolute Gasteiger partial charge is 0.262 e. The van der Waals surface area contributed by atoms with Gasteiger partial charge in [-0.2, -0.15) is 0 Å².